The number of nitrogens with two attached hydrogens (primary N) is 1. The van der Waals surface area contributed by atoms with Gasteiger partial charge in [0.25, 0.3) is 0 Å². The number of nitrogen functional groups attached to an aromatic ring is 1. The van der Waals surface area contributed by atoms with E-state index in [-0.39, 0.29) is 23.4 Å². The molecule has 1 aromatic carbocycles. The van der Waals surface area contributed by atoms with E-state index in [4.69, 9.17) is 5.73 Å². The smallest absolute Gasteiger partial charge is 0.152 e. The molecule has 2 rings (SSSR count). The van der Waals surface area contributed by atoms with Gasteiger partial charge >= 0.3 is 0 Å². The van der Waals surface area contributed by atoms with Crippen LogP contribution in [0.25, 0.3) is 0 Å². The minimum absolute atomic E-state index is 0.114. The number of hydrogen-bond donors (Lipinski definition) is 2. The van der Waals surface area contributed by atoms with E-state index >= 15 is 0 Å². The standard InChI is InChI=1S/C11H15FN2O2S/c1-7-4-11(10(13)5-9(7)12)14-8-2-3-17(15,16)6-8/h4-5,8,14H,2-3,6,13H2,1H3. The summed E-state index contributed by atoms with van der Waals surface area (Å²) < 4.78 is 35.8. The zero-order valence-corrected chi connectivity index (χ0v) is 10.3. The van der Waals surface area contributed by atoms with Gasteiger partial charge < -0.3 is 11.1 Å². The van der Waals surface area contributed by atoms with Crippen molar-refractivity contribution in [3.05, 3.63) is 23.5 Å². The molecular formula is C11H15FN2O2S. The minimum atomic E-state index is -2.92. The molecule has 0 amide bonds. The van der Waals surface area contributed by atoms with Gasteiger partial charge in [-0.05, 0) is 31.0 Å². The highest BCUT2D eigenvalue weighted by molar-refractivity contribution is 7.91. The number of hydrogen-bond acceptors (Lipinski definition) is 4. The van der Waals surface area contributed by atoms with Gasteiger partial charge in [0.05, 0.1) is 22.9 Å². The molecule has 17 heavy (non-hydrogen) atoms. The Bertz CT molecular complexity index is 543. The molecule has 1 fully saturated rings. The first-order valence-electron chi connectivity index (χ1n) is 5.40. The Hall–Kier alpha value is -1.30. The van der Waals surface area contributed by atoms with Crippen LogP contribution in [0.5, 0.6) is 0 Å². The Morgan fingerprint density at radius 2 is 2.18 bits per heavy atom. The Kier molecular flexibility index (Phi) is 2.99. The summed E-state index contributed by atoms with van der Waals surface area (Å²) in [5, 5.41) is 3.06. The van der Waals surface area contributed by atoms with E-state index in [1.807, 2.05) is 0 Å². The Morgan fingerprint density at radius 3 is 2.76 bits per heavy atom. The third kappa shape index (κ3) is 2.69. The topological polar surface area (TPSA) is 72.2 Å². The molecule has 1 aliphatic heterocycles. The van der Waals surface area contributed by atoms with Gasteiger partial charge in [0.2, 0.25) is 0 Å². The number of sulfone groups is 1. The number of halogens is 1. The summed E-state index contributed by atoms with van der Waals surface area (Å²) >= 11 is 0. The second-order valence-corrected chi connectivity index (χ2v) is 6.66. The van der Waals surface area contributed by atoms with Crippen molar-refractivity contribution in [1.29, 1.82) is 0 Å². The quantitative estimate of drug-likeness (QED) is 0.785. The van der Waals surface area contributed by atoms with Gasteiger partial charge in [-0.2, -0.15) is 0 Å². The Morgan fingerprint density at radius 1 is 1.47 bits per heavy atom. The van der Waals surface area contributed by atoms with Crippen LogP contribution in [-0.2, 0) is 9.84 Å². The molecule has 94 valence electrons. The van der Waals surface area contributed by atoms with Crippen LogP contribution in [0, 0.1) is 12.7 Å². The van der Waals surface area contributed by atoms with Gasteiger partial charge in [-0.1, -0.05) is 0 Å². The predicted molar refractivity (Wildman–Crippen MR) is 66.2 cm³/mol. The molecule has 1 unspecified atom stereocenters. The highest BCUT2D eigenvalue weighted by Gasteiger charge is 2.28. The lowest BCUT2D eigenvalue weighted by Gasteiger charge is -2.15. The van der Waals surface area contributed by atoms with Crippen LogP contribution in [-0.4, -0.2) is 26.0 Å². The second-order valence-electron chi connectivity index (χ2n) is 4.43. The lowest BCUT2D eigenvalue weighted by molar-refractivity contribution is 0.601. The molecule has 4 nitrogen and oxygen atoms in total. The second kappa shape index (κ2) is 4.18. The van der Waals surface area contributed by atoms with E-state index in [0.29, 0.717) is 23.4 Å². The van der Waals surface area contributed by atoms with Crippen LogP contribution < -0.4 is 11.1 Å². The largest absolute Gasteiger partial charge is 0.397 e. The molecule has 1 atom stereocenters. The Balaban J connectivity index is 2.17. The molecule has 1 heterocycles. The minimum Gasteiger partial charge on any atom is -0.397 e. The maximum atomic E-state index is 13.2. The number of rotatable bonds is 2. The van der Waals surface area contributed by atoms with Gasteiger partial charge in [0.15, 0.2) is 9.84 Å². The normalized spacial score (nSPS) is 22.6. The summed E-state index contributed by atoms with van der Waals surface area (Å²) in [4.78, 5) is 0. The van der Waals surface area contributed by atoms with E-state index in [0.717, 1.165) is 0 Å². The molecule has 0 spiro atoms. The molecule has 0 bridgehead atoms. The fraction of sp³-hybridized carbons (Fsp3) is 0.455. The first-order chi connectivity index (χ1) is 7.87. The number of nitrogens with one attached hydrogen (secondary N) is 1. The molecule has 0 aliphatic carbocycles. The van der Waals surface area contributed by atoms with Gasteiger partial charge in [-0.15, -0.1) is 0 Å². The lowest BCUT2D eigenvalue weighted by Crippen LogP contribution is -2.21. The van der Waals surface area contributed by atoms with Crippen LogP contribution in [0.1, 0.15) is 12.0 Å². The van der Waals surface area contributed by atoms with Crippen molar-refractivity contribution < 1.29 is 12.8 Å². The van der Waals surface area contributed by atoms with E-state index in [9.17, 15) is 12.8 Å². The van der Waals surface area contributed by atoms with Crippen molar-refractivity contribution in [3.63, 3.8) is 0 Å². The first kappa shape index (κ1) is 12.2. The zero-order chi connectivity index (χ0) is 12.6. The van der Waals surface area contributed by atoms with E-state index < -0.39 is 9.84 Å². The molecule has 0 radical (unpaired) electrons. The molecule has 0 saturated carbocycles. The van der Waals surface area contributed by atoms with Crippen molar-refractivity contribution >= 4 is 21.2 Å². The Labute approximate surface area is 99.9 Å². The summed E-state index contributed by atoms with van der Waals surface area (Å²) in [5.41, 5.74) is 7.08. The average Bonchev–Trinajstić information content (AvgIpc) is 2.54. The van der Waals surface area contributed by atoms with Crippen molar-refractivity contribution in [2.24, 2.45) is 0 Å². The van der Waals surface area contributed by atoms with Crippen molar-refractivity contribution in [2.75, 3.05) is 22.6 Å². The lowest BCUT2D eigenvalue weighted by atomic mass is 10.1. The zero-order valence-electron chi connectivity index (χ0n) is 9.53. The van der Waals surface area contributed by atoms with Crippen molar-refractivity contribution in [2.45, 2.75) is 19.4 Å². The molecule has 3 N–H and O–H groups in total. The summed E-state index contributed by atoms with van der Waals surface area (Å²) in [5.74, 6) is -0.0414. The summed E-state index contributed by atoms with van der Waals surface area (Å²) in [6.45, 7) is 1.64. The predicted octanol–water partition coefficient (Wildman–Crippen LogP) is 1.32. The molecule has 1 aromatic rings. The van der Waals surface area contributed by atoms with Gasteiger partial charge in [-0.3, -0.25) is 0 Å². The monoisotopic (exact) mass is 258 g/mol. The van der Waals surface area contributed by atoms with Crippen molar-refractivity contribution in [1.82, 2.24) is 0 Å². The molecule has 6 heteroatoms. The third-order valence-electron chi connectivity index (χ3n) is 2.92. The van der Waals surface area contributed by atoms with Crippen LogP contribution >= 0.6 is 0 Å². The summed E-state index contributed by atoms with van der Waals surface area (Å²) in [6.07, 6.45) is 0.568. The SMILES string of the molecule is Cc1cc(NC2CCS(=O)(=O)C2)c(N)cc1F. The fourth-order valence-corrected chi connectivity index (χ4v) is 3.62. The fourth-order valence-electron chi connectivity index (χ4n) is 1.95. The highest BCUT2D eigenvalue weighted by atomic mass is 32.2. The molecule has 1 aliphatic rings. The van der Waals surface area contributed by atoms with E-state index in [1.54, 1.807) is 13.0 Å². The third-order valence-corrected chi connectivity index (χ3v) is 4.69. The average molecular weight is 258 g/mol. The summed E-state index contributed by atoms with van der Waals surface area (Å²) in [6, 6.07) is 2.73. The van der Waals surface area contributed by atoms with E-state index in [1.165, 1.54) is 6.07 Å². The van der Waals surface area contributed by atoms with Crippen LogP contribution in [0.15, 0.2) is 12.1 Å². The maximum Gasteiger partial charge on any atom is 0.152 e. The van der Waals surface area contributed by atoms with Gasteiger partial charge in [0.1, 0.15) is 5.82 Å². The van der Waals surface area contributed by atoms with Crippen molar-refractivity contribution in [3.8, 4) is 0 Å². The number of anilines is 2. The van der Waals surface area contributed by atoms with Crippen LogP contribution in [0.4, 0.5) is 15.8 Å². The molecule has 0 aromatic heterocycles. The number of aryl methyl sites for hydroxylation is 1. The first-order valence-corrected chi connectivity index (χ1v) is 7.22. The molecular weight excluding hydrogens is 243 g/mol. The molecule has 1 saturated heterocycles. The van der Waals surface area contributed by atoms with E-state index in [2.05, 4.69) is 5.32 Å². The summed E-state index contributed by atoms with van der Waals surface area (Å²) in [7, 11) is -2.92. The van der Waals surface area contributed by atoms with Gasteiger partial charge in [-0.25, -0.2) is 12.8 Å². The van der Waals surface area contributed by atoms with Gasteiger partial charge in [0, 0.05) is 6.04 Å². The van der Waals surface area contributed by atoms with Crippen LogP contribution in [0.3, 0.4) is 0 Å². The van der Waals surface area contributed by atoms with Crippen LogP contribution in [0.2, 0.25) is 0 Å². The maximum absolute atomic E-state index is 13.2. The highest BCUT2D eigenvalue weighted by Crippen LogP contribution is 2.25. The number of benzene rings is 1.